The molecule has 1 aromatic heterocycles. The van der Waals surface area contributed by atoms with Crippen LogP contribution in [0.25, 0.3) is 32.7 Å². The molecule has 27 heavy (non-hydrogen) atoms. The SMILES string of the molecule is O=c1c2ccc(C(F)(F)F)cc2oc2cc3cc(C(F)(F)F)ccc3cc12. The Morgan fingerprint density at radius 1 is 0.630 bits per heavy atom. The van der Waals surface area contributed by atoms with Crippen molar-refractivity contribution in [2.24, 2.45) is 0 Å². The molecule has 0 N–H and O–H groups in total. The highest BCUT2D eigenvalue weighted by atomic mass is 19.4. The van der Waals surface area contributed by atoms with Crippen LogP contribution < -0.4 is 5.43 Å². The van der Waals surface area contributed by atoms with Crippen molar-refractivity contribution in [2.75, 3.05) is 0 Å². The fourth-order valence-electron chi connectivity index (χ4n) is 2.95. The molecule has 0 bridgehead atoms. The lowest BCUT2D eigenvalue weighted by molar-refractivity contribution is -0.138. The standard InChI is InChI=1S/C19H8F6O2/c20-18(21,22)11-2-1-9-6-14-15(7-10(9)5-11)27-16-8-12(19(23,24)25)3-4-13(16)17(14)26/h1-8H. The lowest BCUT2D eigenvalue weighted by atomic mass is 10.0. The Morgan fingerprint density at radius 3 is 1.89 bits per heavy atom. The average molecular weight is 382 g/mol. The zero-order chi connectivity index (χ0) is 19.6. The van der Waals surface area contributed by atoms with Crippen LogP contribution in [-0.4, -0.2) is 0 Å². The van der Waals surface area contributed by atoms with Gasteiger partial charge in [0.2, 0.25) is 5.43 Å². The van der Waals surface area contributed by atoms with E-state index in [4.69, 9.17) is 4.42 Å². The molecule has 0 aliphatic heterocycles. The summed E-state index contributed by atoms with van der Waals surface area (Å²) < 4.78 is 82.7. The first-order chi connectivity index (χ1) is 12.5. The van der Waals surface area contributed by atoms with E-state index in [0.29, 0.717) is 11.5 Å². The average Bonchev–Trinajstić information content (AvgIpc) is 2.58. The summed E-state index contributed by atoms with van der Waals surface area (Å²) in [6.07, 6.45) is -9.16. The van der Waals surface area contributed by atoms with Gasteiger partial charge in [-0.3, -0.25) is 4.79 Å². The van der Waals surface area contributed by atoms with Crippen LogP contribution >= 0.6 is 0 Å². The highest BCUT2D eigenvalue weighted by Gasteiger charge is 2.31. The summed E-state index contributed by atoms with van der Waals surface area (Å²) in [5.74, 6) is 0. The topological polar surface area (TPSA) is 30.2 Å². The van der Waals surface area contributed by atoms with Gasteiger partial charge in [0.15, 0.2) is 0 Å². The summed E-state index contributed by atoms with van der Waals surface area (Å²) in [6, 6.07) is 8.12. The highest BCUT2D eigenvalue weighted by Crippen LogP contribution is 2.34. The molecular formula is C19H8F6O2. The van der Waals surface area contributed by atoms with Gasteiger partial charge in [-0.05, 0) is 53.2 Å². The minimum atomic E-state index is -4.62. The van der Waals surface area contributed by atoms with Crippen molar-refractivity contribution in [3.63, 3.8) is 0 Å². The van der Waals surface area contributed by atoms with E-state index in [0.717, 1.165) is 24.3 Å². The van der Waals surface area contributed by atoms with Gasteiger partial charge in [-0.1, -0.05) is 6.07 Å². The van der Waals surface area contributed by atoms with Crippen molar-refractivity contribution in [1.29, 1.82) is 0 Å². The van der Waals surface area contributed by atoms with Crippen LogP contribution in [0.5, 0.6) is 0 Å². The van der Waals surface area contributed by atoms with Gasteiger partial charge in [0, 0.05) is 0 Å². The Bertz CT molecular complexity index is 1260. The van der Waals surface area contributed by atoms with Gasteiger partial charge in [0.1, 0.15) is 11.2 Å². The van der Waals surface area contributed by atoms with Crippen molar-refractivity contribution in [3.05, 3.63) is 69.9 Å². The summed E-state index contributed by atoms with van der Waals surface area (Å²) in [7, 11) is 0. The quantitative estimate of drug-likeness (QED) is 0.270. The van der Waals surface area contributed by atoms with E-state index in [1.807, 2.05) is 0 Å². The van der Waals surface area contributed by atoms with E-state index in [2.05, 4.69) is 0 Å². The van der Waals surface area contributed by atoms with E-state index >= 15 is 0 Å². The van der Waals surface area contributed by atoms with Gasteiger partial charge in [-0.15, -0.1) is 0 Å². The Hall–Kier alpha value is -3.03. The van der Waals surface area contributed by atoms with Gasteiger partial charge in [0.05, 0.1) is 21.9 Å². The molecule has 0 saturated carbocycles. The van der Waals surface area contributed by atoms with Crippen molar-refractivity contribution in [1.82, 2.24) is 0 Å². The van der Waals surface area contributed by atoms with Crippen LogP contribution in [0, 0.1) is 0 Å². The van der Waals surface area contributed by atoms with Crippen LogP contribution in [0.2, 0.25) is 0 Å². The number of benzene rings is 3. The summed E-state index contributed by atoms with van der Waals surface area (Å²) >= 11 is 0. The fraction of sp³-hybridized carbons (Fsp3) is 0.105. The summed E-state index contributed by atoms with van der Waals surface area (Å²) in [6.45, 7) is 0. The lowest BCUT2D eigenvalue weighted by Gasteiger charge is -2.10. The Kier molecular flexibility index (Phi) is 3.53. The third-order valence-corrected chi connectivity index (χ3v) is 4.28. The van der Waals surface area contributed by atoms with Gasteiger partial charge in [0.25, 0.3) is 0 Å². The maximum absolute atomic E-state index is 12.9. The molecule has 1 heterocycles. The van der Waals surface area contributed by atoms with Crippen LogP contribution in [0.1, 0.15) is 11.1 Å². The predicted molar refractivity (Wildman–Crippen MR) is 87.5 cm³/mol. The zero-order valence-electron chi connectivity index (χ0n) is 13.2. The molecule has 0 fully saturated rings. The fourth-order valence-corrected chi connectivity index (χ4v) is 2.95. The van der Waals surface area contributed by atoms with Crippen LogP contribution in [0.15, 0.2) is 57.7 Å². The molecule has 0 aliphatic carbocycles. The number of fused-ring (bicyclic) bond motifs is 3. The molecule has 4 rings (SSSR count). The smallest absolute Gasteiger partial charge is 0.416 e. The van der Waals surface area contributed by atoms with Crippen LogP contribution in [0.4, 0.5) is 26.3 Å². The summed E-state index contributed by atoms with van der Waals surface area (Å²) in [5, 5.41) is 0.581. The molecule has 0 spiro atoms. The normalized spacial score (nSPS) is 13.0. The third kappa shape index (κ3) is 2.90. The highest BCUT2D eigenvalue weighted by molar-refractivity contribution is 5.99. The van der Waals surface area contributed by atoms with Crippen molar-refractivity contribution < 1.29 is 30.8 Å². The van der Waals surface area contributed by atoms with Crippen molar-refractivity contribution >= 4 is 32.7 Å². The van der Waals surface area contributed by atoms with E-state index in [1.54, 1.807) is 0 Å². The molecule has 3 aromatic carbocycles. The minimum absolute atomic E-state index is 0.0400. The Labute approximate surface area is 146 Å². The van der Waals surface area contributed by atoms with Gasteiger partial charge in [-0.25, -0.2) is 0 Å². The molecule has 0 unspecified atom stereocenters. The van der Waals surface area contributed by atoms with E-state index in [-0.39, 0.29) is 27.3 Å². The van der Waals surface area contributed by atoms with E-state index in [9.17, 15) is 31.1 Å². The maximum atomic E-state index is 12.9. The molecule has 0 aliphatic rings. The van der Waals surface area contributed by atoms with E-state index < -0.39 is 28.9 Å². The van der Waals surface area contributed by atoms with Crippen LogP contribution in [0.3, 0.4) is 0 Å². The second kappa shape index (κ2) is 5.48. The molecule has 8 heteroatoms. The minimum Gasteiger partial charge on any atom is -0.456 e. The Morgan fingerprint density at radius 2 is 1.22 bits per heavy atom. The molecule has 0 saturated heterocycles. The second-order valence-corrected chi connectivity index (χ2v) is 6.05. The number of hydrogen-bond donors (Lipinski definition) is 0. The molecule has 4 aromatic rings. The lowest BCUT2D eigenvalue weighted by Crippen LogP contribution is -2.07. The first-order valence-corrected chi connectivity index (χ1v) is 7.63. The Balaban J connectivity index is 2.04. The monoisotopic (exact) mass is 382 g/mol. The number of hydrogen-bond acceptors (Lipinski definition) is 2. The largest absolute Gasteiger partial charge is 0.456 e. The first-order valence-electron chi connectivity index (χ1n) is 7.63. The zero-order valence-corrected chi connectivity index (χ0v) is 13.2. The third-order valence-electron chi connectivity index (χ3n) is 4.28. The molecule has 0 radical (unpaired) electrons. The molecule has 0 atom stereocenters. The summed E-state index contributed by atoms with van der Waals surface area (Å²) in [4.78, 5) is 12.6. The van der Waals surface area contributed by atoms with E-state index in [1.165, 1.54) is 18.2 Å². The van der Waals surface area contributed by atoms with Gasteiger partial charge in [-0.2, -0.15) is 26.3 Å². The second-order valence-electron chi connectivity index (χ2n) is 6.05. The number of rotatable bonds is 0. The number of alkyl halides is 6. The van der Waals surface area contributed by atoms with Crippen molar-refractivity contribution in [3.8, 4) is 0 Å². The summed E-state index contributed by atoms with van der Waals surface area (Å²) in [5.41, 5.74) is -2.79. The first kappa shape index (κ1) is 17.4. The molecular weight excluding hydrogens is 374 g/mol. The van der Waals surface area contributed by atoms with Crippen molar-refractivity contribution in [2.45, 2.75) is 12.4 Å². The predicted octanol–water partition coefficient (Wildman–Crippen LogP) is 6.14. The molecule has 2 nitrogen and oxygen atoms in total. The van der Waals surface area contributed by atoms with Crippen LogP contribution in [-0.2, 0) is 12.4 Å². The molecule has 0 amide bonds. The van der Waals surface area contributed by atoms with Gasteiger partial charge < -0.3 is 4.42 Å². The maximum Gasteiger partial charge on any atom is 0.416 e. The number of halogens is 6. The van der Waals surface area contributed by atoms with Gasteiger partial charge >= 0.3 is 12.4 Å². The molecule has 138 valence electrons.